The first-order chi connectivity index (χ1) is 14.9. The largest absolute Gasteiger partial charge is 0.496 e. The number of pyridine rings is 1. The molecule has 2 heterocycles. The Hall–Kier alpha value is -2.53. The molecule has 3 rings (SSSR count). The summed E-state index contributed by atoms with van der Waals surface area (Å²) in [5, 5.41) is 1.02. The van der Waals surface area contributed by atoms with Crippen LogP contribution in [0.3, 0.4) is 0 Å². The molecule has 164 valence electrons. The summed E-state index contributed by atoms with van der Waals surface area (Å²) in [6.07, 6.45) is 8.73. The third-order valence-electron chi connectivity index (χ3n) is 5.41. The average molecular weight is 436 g/mol. The fraction of sp³-hybridized carbons (Fsp3) is 0.385. The number of methoxy groups -OCH3 is 1. The van der Waals surface area contributed by atoms with E-state index in [1.165, 1.54) is 11.1 Å². The highest BCUT2D eigenvalue weighted by molar-refractivity contribution is 7.99. The van der Waals surface area contributed by atoms with Crippen LogP contribution in [0.4, 0.5) is 0 Å². The molecule has 0 amide bonds. The minimum atomic E-state index is 0.675. The Bertz CT molecular complexity index is 1110. The molecule has 0 radical (unpaired) electrons. The van der Waals surface area contributed by atoms with E-state index in [0.717, 1.165) is 57.4 Å². The van der Waals surface area contributed by atoms with Crippen molar-refractivity contribution < 1.29 is 4.74 Å². The van der Waals surface area contributed by atoms with Crippen molar-refractivity contribution in [1.29, 1.82) is 0 Å². The van der Waals surface area contributed by atoms with Crippen molar-refractivity contribution in [1.82, 2.24) is 14.5 Å². The Morgan fingerprint density at radius 2 is 1.90 bits per heavy atom. The molecule has 0 spiro atoms. The van der Waals surface area contributed by atoms with Crippen molar-refractivity contribution in [2.45, 2.75) is 59.2 Å². The summed E-state index contributed by atoms with van der Waals surface area (Å²) < 4.78 is 7.88. The molecule has 31 heavy (non-hydrogen) atoms. The number of hydrogen-bond donors (Lipinski definition) is 0. The normalized spacial score (nSPS) is 11.7. The summed E-state index contributed by atoms with van der Waals surface area (Å²) in [6, 6.07) is 8.32. The van der Waals surface area contributed by atoms with Gasteiger partial charge in [-0.25, -0.2) is 4.98 Å². The van der Waals surface area contributed by atoms with E-state index in [0.29, 0.717) is 6.54 Å². The van der Waals surface area contributed by atoms with Gasteiger partial charge in [0, 0.05) is 23.1 Å². The van der Waals surface area contributed by atoms with Crippen LogP contribution in [0, 0.1) is 13.8 Å². The number of ether oxygens (including phenoxy) is 1. The van der Waals surface area contributed by atoms with Gasteiger partial charge in [0.1, 0.15) is 5.75 Å². The lowest BCUT2D eigenvalue weighted by molar-refractivity contribution is 0.406. The smallest absolute Gasteiger partial charge is 0.169 e. The predicted molar refractivity (Wildman–Crippen MR) is 132 cm³/mol. The second-order valence-corrected chi connectivity index (χ2v) is 9.18. The maximum atomic E-state index is 5.61. The molecule has 0 bridgehead atoms. The molecular formula is C26H33N3OS. The third kappa shape index (κ3) is 5.79. The second-order valence-electron chi connectivity index (χ2n) is 8.20. The number of hydrogen-bond acceptors (Lipinski definition) is 4. The fourth-order valence-corrected chi connectivity index (χ4v) is 4.64. The first-order valence-electron chi connectivity index (χ1n) is 10.8. The van der Waals surface area contributed by atoms with E-state index in [9.17, 15) is 0 Å². The van der Waals surface area contributed by atoms with Gasteiger partial charge in [-0.15, -0.1) is 0 Å². The van der Waals surface area contributed by atoms with Gasteiger partial charge in [-0.05, 0) is 59.6 Å². The van der Waals surface area contributed by atoms with Crippen LogP contribution in [0.25, 0.3) is 11.0 Å². The molecule has 3 aromatic rings. The van der Waals surface area contributed by atoms with Crippen LogP contribution in [-0.4, -0.2) is 27.4 Å². The van der Waals surface area contributed by atoms with Gasteiger partial charge in [0.2, 0.25) is 0 Å². The number of para-hydroxylation sites is 2. The number of thioether (sulfide) groups is 1. The van der Waals surface area contributed by atoms with Crippen LogP contribution in [-0.2, 0) is 6.54 Å². The topological polar surface area (TPSA) is 39.9 Å². The maximum absolute atomic E-state index is 5.61. The van der Waals surface area contributed by atoms with Gasteiger partial charge in [0.25, 0.3) is 0 Å². The Labute approximate surface area is 190 Å². The van der Waals surface area contributed by atoms with Crippen LogP contribution < -0.4 is 4.74 Å². The van der Waals surface area contributed by atoms with E-state index >= 15 is 0 Å². The number of benzene rings is 1. The summed E-state index contributed by atoms with van der Waals surface area (Å²) in [7, 11) is 1.72. The zero-order valence-electron chi connectivity index (χ0n) is 19.5. The summed E-state index contributed by atoms with van der Waals surface area (Å²) in [5.41, 5.74) is 8.12. The van der Waals surface area contributed by atoms with Gasteiger partial charge >= 0.3 is 0 Å². The van der Waals surface area contributed by atoms with Crippen LogP contribution in [0.2, 0.25) is 0 Å². The molecule has 0 N–H and O–H groups in total. The third-order valence-corrected chi connectivity index (χ3v) is 6.32. The molecule has 0 aliphatic heterocycles. The van der Waals surface area contributed by atoms with Gasteiger partial charge in [-0.1, -0.05) is 47.2 Å². The molecule has 2 aromatic heterocycles. The second kappa shape index (κ2) is 10.7. The Kier molecular flexibility index (Phi) is 7.97. The van der Waals surface area contributed by atoms with Gasteiger partial charge in [0.05, 0.1) is 30.4 Å². The molecule has 4 nitrogen and oxygen atoms in total. The van der Waals surface area contributed by atoms with Crippen molar-refractivity contribution >= 4 is 22.8 Å². The van der Waals surface area contributed by atoms with E-state index in [-0.39, 0.29) is 0 Å². The lowest BCUT2D eigenvalue weighted by atomic mass is 10.1. The van der Waals surface area contributed by atoms with Gasteiger partial charge in [-0.3, -0.25) is 4.98 Å². The maximum Gasteiger partial charge on any atom is 0.169 e. The Morgan fingerprint density at radius 3 is 2.65 bits per heavy atom. The molecule has 0 saturated heterocycles. The summed E-state index contributed by atoms with van der Waals surface area (Å²) in [5.74, 6) is 1.83. The van der Waals surface area contributed by atoms with Crippen LogP contribution in [0.15, 0.2) is 58.9 Å². The molecule has 0 fully saturated rings. The van der Waals surface area contributed by atoms with Crippen LogP contribution >= 0.6 is 11.8 Å². The van der Waals surface area contributed by atoms with Crippen LogP contribution in [0.1, 0.15) is 50.4 Å². The SMILES string of the molecule is COc1c(C)cnc(Cn2c(SC/C=C(\C)CCC=C(C)C)nc3ccccc32)c1C. The molecule has 0 saturated carbocycles. The number of imidazole rings is 1. The Morgan fingerprint density at radius 1 is 1.13 bits per heavy atom. The van der Waals surface area contributed by atoms with E-state index in [1.54, 1.807) is 18.9 Å². The lowest BCUT2D eigenvalue weighted by Gasteiger charge is -2.14. The molecular weight excluding hydrogens is 402 g/mol. The quantitative estimate of drug-likeness (QED) is 0.271. The lowest BCUT2D eigenvalue weighted by Crippen LogP contribution is -2.07. The number of aromatic nitrogens is 3. The van der Waals surface area contributed by atoms with Crippen LogP contribution in [0.5, 0.6) is 5.75 Å². The standard InChI is InChI=1S/C26H33N3OS/c1-18(2)10-9-11-19(3)14-15-31-26-28-22-12-7-8-13-24(22)29(26)17-23-21(5)25(30-6)20(4)16-27-23/h7-8,10,12-14,16H,9,11,15,17H2,1-6H3/b19-14+. The summed E-state index contributed by atoms with van der Waals surface area (Å²) in [6.45, 7) is 11.3. The average Bonchev–Trinajstić information content (AvgIpc) is 3.07. The molecule has 0 aliphatic rings. The number of nitrogens with zero attached hydrogens (tertiary/aromatic N) is 3. The fourth-order valence-electron chi connectivity index (χ4n) is 3.65. The van der Waals surface area contributed by atoms with Crippen molar-refractivity contribution in [3.8, 4) is 5.75 Å². The first-order valence-corrected chi connectivity index (χ1v) is 11.8. The molecule has 0 atom stereocenters. The molecule has 5 heteroatoms. The number of aryl methyl sites for hydroxylation is 1. The Balaban J connectivity index is 1.84. The minimum absolute atomic E-state index is 0.675. The van der Waals surface area contributed by atoms with Crippen molar-refractivity contribution in [3.05, 3.63) is 70.6 Å². The van der Waals surface area contributed by atoms with E-state index in [4.69, 9.17) is 14.7 Å². The van der Waals surface area contributed by atoms with Gasteiger partial charge < -0.3 is 9.30 Å². The number of fused-ring (bicyclic) bond motifs is 1. The minimum Gasteiger partial charge on any atom is -0.496 e. The van der Waals surface area contributed by atoms with Crippen molar-refractivity contribution in [2.24, 2.45) is 0 Å². The highest BCUT2D eigenvalue weighted by Gasteiger charge is 2.15. The molecule has 1 aromatic carbocycles. The monoisotopic (exact) mass is 435 g/mol. The summed E-state index contributed by atoms with van der Waals surface area (Å²) in [4.78, 5) is 9.62. The van der Waals surface area contributed by atoms with Gasteiger partial charge in [-0.2, -0.15) is 0 Å². The first kappa shape index (κ1) is 23.1. The zero-order chi connectivity index (χ0) is 22.4. The highest BCUT2D eigenvalue weighted by atomic mass is 32.2. The van der Waals surface area contributed by atoms with E-state index in [1.807, 2.05) is 19.2 Å². The van der Waals surface area contributed by atoms with Crippen molar-refractivity contribution in [3.63, 3.8) is 0 Å². The highest BCUT2D eigenvalue weighted by Crippen LogP contribution is 2.29. The number of rotatable bonds is 9. The van der Waals surface area contributed by atoms with Crippen molar-refractivity contribution in [2.75, 3.05) is 12.9 Å². The number of allylic oxidation sites excluding steroid dienone is 3. The molecule has 0 aliphatic carbocycles. The molecule has 0 unspecified atom stereocenters. The van der Waals surface area contributed by atoms with Gasteiger partial charge in [0.15, 0.2) is 5.16 Å². The summed E-state index contributed by atoms with van der Waals surface area (Å²) >= 11 is 1.78. The van der Waals surface area contributed by atoms with E-state index < -0.39 is 0 Å². The predicted octanol–water partition coefficient (Wildman–Crippen LogP) is 6.89. The van der Waals surface area contributed by atoms with E-state index in [2.05, 4.69) is 62.6 Å². The zero-order valence-corrected chi connectivity index (χ0v) is 20.3.